The maximum absolute atomic E-state index is 14.4. The Morgan fingerprint density at radius 2 is 1.70 bits per heavy atom. The number of hydrogen-bond donors (Lipinski definition) is 0. The zero-order valence-corrected chi connectivity index (χ0v) is 20.1. The van der Waals surface area contributed by atoms with Gasteiger partial charge in [-0.25, -0.2) is 0 Å². The van der Waals surface area contributed by atoms with Crippen molar-refractivity contribution in [3.05, 3.63) is 76.7 Å². The largest absolute Gasteiger partial charge is 0.487 e. The van der Waals surface area contributed by atoms with Gasteiger partial charge in [0.25, 0.3) is 0 Å². The third kappa shape index (κ3) is 3.00. The molecule has 2 aromatic carbocycles. The summed E-state index contributed by atoms with van der Waals surface area (Å²) >= 11 is 0. The van der Waals surface area contributed by atoms with Gasteiger partial charge in [-0.3, -0.25) is 9.59 Å². The van der Waals surface area contributed by atoms with E-state index >= 15 is 0 Å². The monoisotopic (exact) mass is 509 g/mol. The van der Waals surface area contributed by atoms with Crippen molar-refractivity contribution in [2.45, 2.75) is 62.4 Å². The van der Waals surface area contributed by atoms with Crippen LogP contribution in [0.2, 0.25) is 0 Å². The van der Waals surface area contributed by atoms with Crippen molar-refractivity contribution < 1.29 is 36.7 Å². The molecule has 1 aliphatic carbocycles. The Bertz CT molecular complexity index is 1520. The van der Waals surface area contributed by atoms with E-state index in [1.54, 1.807) is 24.3 Å². The molecule has 4 aliphatic rings. The lowest BCUT2D eigenvalue weighted by molar-refractivity contribution is -0.153. The van der Waals surface area contributed by atoms with Crippen LogP contribution >= 0.6 is 0 Å². The van der Waals surface area contributed by atoms with E-state index in [0.29, 0.717) is 46.7 Å². The van der Waals surface area contributed by atoms with Crippen molar-refractivity contribution in [2.75, 3.05) is 4.90 Å². The van der Waals surface area contributed by atoms with Gasteiger partial charge in [0.15, 0.2) is 5.60 Å². The molecule has 1 fully saturated rings. The number of Topliss-reactive ketones (excluding diaryl/α,β-unsaturated/α-hetero) is 1. The summed E-state index contributed by atoms with van der Waals surface area (Å²) in [6, 6.07) is 12.8. The standard InChI is InChI=1S/C28H22F3NO5/c1-25(2)14-27(18-11-16-20(12-21(18)36-25)37-26(9-10-26)23(16)33)17-5-3-4-6-19(17)32(24(27)34)13-15-7-8-22(35-15)28(29,30)31/h3-8,11-12H,9-10,13-14H2,1-2H3. The van der Waals surface area contributed by atoms with Gasteiger partial charge < -0.3 is 18.8 Å². The number of anilines is 1. The number of hydrogen-bond acceptors (Lipinski definition) is 5. The molecular weight excluding hydrogens is 487 g/mol. The van der Waals surface area contributed by atoms with Crippen LogP contribution in [0.15, 0.2) is 52.9 Å². The SMILES string of the molecule is CC1(C)CC2(C(=O)N(Cc3ccc(C(F)(F)F)o3)c3ccccc32)c2cc3c(cc2O1)OC1(CC1)C3=O. The number of alkyl halides is 3. The number of fused-ring (bicyclic) bond motifs is 5. The summed E-state index contributed by atoms with van der Waals surface area (Å²) < 4.78 is 56.8. The molecule has 3 aromatic rings. The number of carbonyl (C=O) groups is 2. The van der Waals surface area contributed by atoms with Crippen LogP contribution in [0.3, 0.4) is 0 Å². The van der Waals surface area contributed by atoms with Crippen LogP contribution < -0.4 is 14.4 Å². The van der Waals surface area contributed by atoms with E-state index in [2.05, 4.69) is 0 Å². The molecule has 7 rings (SSSR count). The summed E-state index contributed by atoms with van der Waals surface area (Å²) in [5.74, 6) is -0.562. The van der Waals surface area contributed by atoms with Crippen molar-refractivity contribution in [3.63, 3.8) is 0 Å². The smallest absolute Gasteiger partial charge is 0.449 e. The number of ketones is 1. The predicted octanol–water partition coefficient (Wildman–Crippen LogP) is 5.80. The van der Waals surface area contributed by atoms with Crippen molar-refractivity contribution in [1.82, 2.24) is 0 Å². The Morgan fingerprint density at radius 1 is 0.946 bits per heavy atom. The molecule has 0 radical (unpaired) electrons. The molecule has 6 nitrogen and oxygen atoms in total. The summed E-state index contributed by atoms with van der Waals surface area (Å²) in [7, 11) is 0. The van der Waals surface area contributed by atoms with Crippen LogP contribution in [-0.2, 0) is 22.9 Å². The van der Waals surface area contributed by atoms with E-state index in [9.17, 15) is 22.8 Å². The highest BCUT2D eigenvalue weighted by atomic mass is 19.4. The Balaban J connectivity index is 1.38. The van der Waals surface area contributed by atoms with Crippen LogP contribution in [0, 0.1) is 0 Å². The van der Waals surface area contributed by atoms with Gasteiger partial charge in [0.05, 0.1) is 12.1 Å². The Labute approximate surface area is 210 Å². The van der Waals surface area contributed by atoms with Crippen molar-refractivity contribution >= 4 is 17.4 Å². The van der Waals surface area contributed by atoms with E-state index in [1.165, 1.54) is 11.0 Å². The van der Waals surface area contributed by atoms with Gasteiger partial charge in [-0.15, -0.1) is 0 Å². The average Bonchev–Trinajstić information content (AvgIpc) is 3.26. The number of amides is 1. The molecule has 0 saturated heterocycles. The van der Waals surface area contributed by atoms with Crippen LogP contribution in [-0.4, -0.2) is 22.9 Å². The Kier molecular flexibility index (Phi) is 4.10. The highest BCUT2D eigenvalue weighted by molar-refractivity contribution is 6.13. The van der Waals surface area contributed by atoms with Gasteiger partial charge >= 0.3 is 6.18 Å². The minimum atomic E-state index is -4.62. The Morgan fingerprint density at radius 3 is 2.41 bits per heavy atom. The highest BCUT2D eigenvalue weighted by Crippen LogP contribution is 2.59. The number of nitrogens with zero attached hydrogens (tertiary/aromatic N) is 1. The highest BCUT2D eigenvalue weighted by Gasteiger charge is 2.61. The summed E-state index contributed by atoms with van der Waals surface area (Å²) in [4.78, 5) is 29.0. The fourth-order valence-electron chi connectivity index (χ4n) is 6.14. The number of rotatable bonds is 2. The lowest BCUT2D eigenvalue weighted by atomic mass is 9.66. The average molecular weight is 509 g/mol. The minimum Gasteiger partial charge on any atom is -0.487 e. The molecular formula is C28H22F3NO5. The van der Waals surface area contributed by atoms with Crippen LogP contribution in [0.4, 0.5) is 18.9 Å². The summed E-state index contributed by atoms with van der Waals surface area (Å²) in [6.45, 7) is 3.61. The van der Waals surface area contributed by atoms with Crippen LogP contribution in [0.25, 0.3) is 0 Å². The molecule has 37 heavy (non-hydrogen) atoms. The maximum Gasteiger partial charge on any atom is 0.449 e. The van der Waals surface area contributed by atoms with Crippen molar-refractivity contribution in [1.29, 1.82) is 0 Å². The third-order valence-electron chi connectivity index (χ3n) is 7.81. The number of carbonyl (C=O) groups excluding carboxylic acids is 2. The second-order valence-electron chi connectivity index (χ2n) is 10.9. The molecule has 4 heterocycles. The van der Waals surface area contributed by atoms with Gasteiger partial charge in [0, 0.05) is 23.7 Å². The van der Waals surface area contributed by atoms with E-state index in [4.69, 9.17) is 13.9 Å². The fraction of sp³-hybridized carbons (Fsp3) is 0.357. The topological polar surface area (TPSA) is 69.0 Å². The van der Waals surface area contributed by atoms with Gasteiger partial charge in [0.2, 0.25) is 17.5 Å². The molecule has 2 spiro atoms. The third-order valence-corrected chi connectivity index (χ3v) is 7.81. The van der Waals surface area contributed by atoms with E-state index < -0.39 is 28.6 Å². The maximum atomic E-state index is 14.4. The molecule has 3 aliphatic heterocycles. The van der Waals surface area contributed by atoms with Crippen LogP contribution in [0.1, 0.15) is 66.1 Å². The number of benzene rings is 2. The first kappa shape index (κ1) is 22.4. The molecule has 1 atom stereocenters. The summed E-state index contributed by atoms with van der Waals surface area (Å²) in [5.41, 5.74) is -0.446. The summed E-state index contributed by atoms with van der Waals surface area (Å²) in [6.07, 6.45) is -3.03. The van der Waals surface area contributed by atoms with Gasteiger partial charge in [0.1, 0.15) is 28.3 Å². The van der Waals surface area contributed by atoms with E-state index in [0.717, 1.165) is 6.07 Å². The first-order valence-electron chi connectivity index (χ1n) is 12.1. The lowest BCUT2D eigenvalue weighted by Gasteiger charge is -2.43. The summed E-state index contributed by atoms with van der Waals surface area (Å²) in [5, 5.41) is 0. The zero-order valence-electron chi connectivity index (χ0n) is 20.1. The second kappa shape index (κ2) is 6.76. The fourth-order valence-corrected chi connectivity index (χ4v) is 6.14. The van der Waals surface area contributed by atoms with Gasteiger partial charge in [-0.2, -0.15) is 13.2 Å². The number of furan rings is 1. The first-order chi connectivity index (χ1) is 17.4. The van der Waals surface area contributed by atoms with E-state index in [-0.39, 0.29) is 30.4 Å². The molecule has 1 amide bonds. The minimum absolute atomic E-state index is 0.0206. The van der Waals surface area contributed by atoms with Crippen molar-refractivity contribution in [3.8, 4) is 11.5 Å². The molecule has 0 N–H and O–H groups in total. The van der Waals surface area contributed by atoms with E-state index in [1.807, 2.05) is 26.0 Å². The quantitative estimate of drug-likeness (QED) is 0.437. The molecule has 0 bridgehead atoms. The number of ether oxygens (including phenoxy) is 2. The molecule has 9 heteroatoms. The number of halogens is 3. The van der Waals surface area contributed by atoms with Gasteiger partial charge in [-0.1, -0.05) is 18.2 Å². The van der Waals surface area contributed by atoms with Gasteiger partial charge in [-0.05, 0) is 56.5 Å². The molecule has 1 aromatic heterocycles. The van der Waals surface area contributed by atoms with Crippen molar-refractivity contribution in [2.24, 2.45) is 0 Å². The zero-order chi connectivity index (χ0) is 26.0. The van der Waals surface area contributed by atoms with Crippen LogP contribution in [0.5, 0.6) is 11.5 Å². The first-order valence-corrected chi connectivity index (χ1v) is 12.1. The normalized spacial score (nSPS) is 24.1. The predicted molar refractivity (Wildman–Crippen MR) is 125 cm³/mol. The molecule has 190 valence electrons. The molecule has 1 unspecified atom stereocenters. The number of para-hydroxylation sites is 1. The second-order valence-corrected chi connectivity index (χ2v) is 10.9. The lowest BCUT2D eigenvalue weighted by Crippen LogP contribution is -2.50. The molecule has 1 saturated carbocycles. The Hall–Kier alpha value is -3.75.